The number of benzene rings is 2. The monoisotopic (exact) mass is 342 g/mol. The van der Waals surface area contributed by atoms with Crippen molar-refractivity contribution in [1.82, 2.24) is 4.98 Å². The van der Waals surface area contributed by atoms with Crippen LogP contribution in [-0.2, 0) is 6.42 Å². The highest BCUT2D eigenvalue weighted by atomic mass is 79.9. The highest BCUT2D eigenvalue weighted by Crippen LogP contribution is 2.30. The lowest BCUT2D eigenvalue weighted by atomic mass is 10.1. The fourth-order valence-corrected chi connectivity index (χ4v) is 2.79. The molecule has 0 spiro atoms. The van der Waals surface area contributed by atoms with Crippen LogP contribution in [0.5, 0.6) is 11.5 Å². The Morgan fingerprint density at radius 2 is 1.95 bits per heavy atom. The molecule has 3 rings (SSSR count). The molecule has 0 amide bonds. The summed E-state index contributed by atoms with van der Waals surface area (Å²) in [5.74, 6) is 1.53. The largest absolute Gasteiger partial charge is 0.455 e. The summed E-state index contributed by atoms with van der Waals surface area (Å²) in [6, 6.07) is 15.8. The Morgan fingerprint density at radius 3 is 2.76 bits per heavy atom. The number of aromatic nitrogens is 1. The molecule has 0 saturated heterocycles. The number of para-hydroxylation sites is 1. The van der Waals surface area contributed by atoms with Crippen LogP contribution >= 0.6 is 15.9 Å². The minimum absolute atomic E-state index is 0.631. The standard InChI is InChI=1S/C17H15BrN2O/c18-15-11-14(7-6-12(15)8-9-19)21-16-5-1-3-13-4-2-10-20-17(13)16/h1-7,10-11H,8-9,19H2. The van der Waals surface area contributed by atoms with Gasteiger partial charge in [-0.3, -0.25) is 4.98 Å². The quantitative estimate of drug-likeness (QED) is 0.769. The van der Waals surface area contributed by atoms with Crippen LogP contribution in [0.4, 0.5) is 0 Å². The molecular formula is C17H15BrN2O. The first kappa shape index (κ1) is 14.0. The van der Waals surface area contributed by atoms with Crippen molar-refractivity contribution in [2.75, 3.05) is 6.54 Å². The van der Waals surface area contributed by atoms with Crippen LogP contribution in [0.1, 0.15) is 5.56 Å². The summed E-state index contributed by atoms with van der Waals surface area (Å²) in [7, 11) is 0. The molecule has 0 fully saturated rings. The van der Waals surface area contributed by atoms with Crippen LogP contribution in [0.15, 0.2) is 59.2 Å². The topological polar surface area (TPSA) is 48.1 Å². The third-order valence-corrected chi connectivity index (χ3v) is 4.00. The Labute approximate surface area is 131 Å². The van der Waals surface area contributed by atoms with Crippen molar-refractivity contribution in [1.29, 1.82) is 0 Å². The van der Waals surface area contributed by atoms with E-state index in [0.29, 0.717) is 6.54 Å². The van der Waals surface area contributed by atoms with Crippen molar-refractivity contribution >= 4 is 26.8 Å². The number of nitrogens with two attached hydrogens (primary N) is 1. The van der Waals surface area contributed by atoms with Gasteiger partial charge in [0.05, 0.1) is 0 Å². The lowest BCUT2D eigenvalue weighted by molar-refractivity contribution is 0.486. The first-order valence-corrected chi connectivity index (χ1v) is 7.57. The molecule has 0 radical (unpaired) electrons. The molecule has 0 bridgehead atoms. The summed E-state index contributed by atoms with van der Waals surface area (Å²) in [4.78, 5) is 4.39. The molecular weight excluding hydrogens is 328 g/mol. The molecule has 4 heteroatoms. The van der Waals surface area contributed by atoms with Gasteiger partial charge in [0.2, 0.25) is 0 Å². The van der Waals surface area contributed by atoms with Crippen LogP contribution in [0.25, 0.3) is 10.9 Å². The predicted molar refractivity (Wildman–Crippen MR) is 88.7 cm³/mol. The zero-order valence-corrected chi connectivity index (χ0v) is 13.0. The van der Waals surface area contributed by atoms with E-state index >= 15 is 0 Å². The number of pyridine rings is 1. The summed E-state index contributed by atoms with van der Waals surface area (Å²) < 4.78 is 6.99. The van der Waals surface area contributed by atoms with Gasteiger partial charge in [0, 0.05) is 16.1 Å². The number of fused-ring (bicyclic) bond motifs is 1. The van der Waals surface area contributed by atoms with E-state index in [-0.39, 0.29) is 0 Å². The van der Waals surface area contributed by atoms with Gasteiger partial charge in [-0.25, -0.2) is 0 Å². The zero-order valence-electron chi connectivity index (χ0n) is 11.4. The number of hydrogen-bond donors (Lipinski definition) is 1. The Bertz CT molecular complexity index is 768. The van der Waals surface area contributed by atoms with Crippen LogP contribution in [-0.4, -0.2) is 11.5 Å². The molecule has 0 atom stereocenters. The summed E-state index contributed by atoms with van der Waals surface area (Å²) in [5, 5.41) is 1.06. The number of ether oxygens (including phenoxy) is 1. The Hall–Kier alpha value is -1.91. The van der Waals surface area contributed by atoms with Gasteiger partial charge < -0.3 is 10.5 Å². The van der Waals surface area contributed by atoms with E-state index in [1.807, 2.05) is 48.5 Å². The maximum Gasteiger partial charge on any atom is 0.153 e. The van der Waals surface area contributed by atoms with Crippen molar-refractivity contribution in [2.24, 2.45) is 5.73 Å². The normalized spacial score (nSPS) is 10.8. The van der Waals surface area contributed by atoms with E-state index in [2.05, 4.69) is 20.9 Å². The predicted octanol–water partition coefficient (Wildman–Crippen LogP) is 4.29. The highest BCUT2D eigenvalue weighted by Gasteiger charge is 2.06. The fourth-order valence-electron chi connectivity index (χ4n) is 2.24. The first-order chi connectivity index (χ1) is 10.3. The lowest BCUT2D eigenvalue weighted by Crippen LogP contribution is -2.03. The van der Waals surface area contributed by atoms with Crippen LogP contribution < -0.4 is 10.5 Å². The molecule has 2 N–H and O–H groups in total. The maximum atomic E-state index is 5.98. The average molecular weight is 343 g/mol. The van der Waals surface area contributed by atoms with E-state index in [0.717, 1.165) is 33.3 Å². The summed E-state index contributed by atoms with van der Waals surface area (Å²) in [6.07, 6.45) is 2.62. The van der Waals surface area contributed by atoms with Crippen molar-refractivity contribution in [3.05, 3.63) is 64.8 Å². The number of hydrogen-bond acceptors (Lipinski definition) is 3. The van der Waals surface area contributed by atoms with E-state index in [9.17, 15) is 0 Å². The Balaban J connectivity index is 1.93. The van der Waals surface area contributed by atoms with E-state index < -0.39 is 0 Å². The SMILES string of the molecule is NCCc1ccc(Oc2cccc3cccnc23)cc1Br. The van der Waals surface area contributed by atoms with Gasteiger partial charge in [0.1, 0.15) is 11.3 Å². The third kappa shape index (κ3) is 3.06. The van der Waals surface area contributed by atoms with E-state index in [1.54, 1.807) is 6.20 Å². The molecule has 2 aromatic carbocycles. The second-order valence-electron chi connectivity index (χ2n) is 4.73. The van der Waals surface area contributed by atoms with Gasteiger partial charge in [0.15, 0.2) is 5.75 Å². The first-order valence-electron chi connectivity index (χ1n) is 6.78. The minimum atomic E-state index is 0.631. The maximum absolute atomic E-state index is 5.98. The molecule has 3 nitrogen and oxygen atoms in total. The van der Waals surface area contributed by atoms with Crippen LogP contribution in [0, 0.1) is 0 Å². The Morgan fingerprint density at radius 1 is 1.10 bits per heavy atom. The molecule has 0 aliphatic carbocycles. The molecule has 0 aliphatic rings. The molecule has 3 aromatic rings. The fraction of sp³-hybridized carbons (Fsp3) is 0.118. The van der Waals surface area contributed by atoms with Gasteiger partial charge in [-0.1, -0.05) is 40.2 Å². The van der Waals surface area contributed by atoms with E-state index in [1.165, 1.54) is 5.56 Å². The van der Waals surface area contributed by atoms with Gasteiger partial charge >= 0.3 is 0 Å². The van der Waals surface area contributed by atoms with Gasteiger partial charge in [-0.15, -0.1) is 0 Å². The van der Waals surface area contributed by atoms with Gasteiger partial charge in [-0.2, -0.15) is 0 Å². The highest BCUT2D eigenvalue weighted by molar-refractivity contribution is 9.10. The average Bonchev–Trinajstić information content (AvgIpc) is 2.51. The smallest absolute Gasteiger partial charge is 0.153 e. The van der Waals surface area contributed by atoms with Crippen molar-refractivity contribution in [3.8, 4) is 11.5 Å². The summed E-state index contributed by atoms with van der Waals surface area (Å²) >= 11 is 3.56. The molecule has 0 saturated carbocycles. The molecule has 1 aromatic heterocycles. The van der Waals surface area contributed by atoms with Crippen molar-refractivity contribution in [3.63, 3.8) is 0 Å². The summed E-state index contributed by atoms with van der Waals surface area (Å²) in [6.45, 7) is 0.631. The van der Waals surface area contributed by atoms with Gasteiger partial charge in [-0.05, 0) is 42.8 Å². The molecule has 21 heavy (non-hydrogen) atoms. The Kier molecular flexibility index (Phi) is 4.18. The summed E-state index contributed by atoms with van der Waals surface area (Å²) in [5.41, 5.74) is 7.64. The third-order valence-electron chi connectivity index (χ3n) is 3.26. The second kappa shape index (κ2) is 6.24. The van der Waals surface area contributed by atoms with Crippen LogP contribution in [0.3, 0.4) is 0 Å². The van der Waals surface area contributed by atoms with Crippen molar-refractivity contribution < 1.29 is 4.74 Å². The molecule has 0 aliphatic heterocycles. The molecule has 106 valence electrons. The minimum Gasteiger partial charge on any atom is -0.455 e. The second-order valence-corrected chi connectivity index (χ2v) is 5.58. The molecule has 0 unspecified atom stereocenters. The van der Waals surface area contributed by atoms with Crippen molar-refractivity contribution in [2.45, 2.75) is 6.42 Å². The lowest BCUT2D eigenvalue weighted by Gasteiger charge is -2.10. The van der Waals surface area contributed by atoms with Crippen LogP contribution in [0.2, 0.25) is 0 Å². The number of rotatable bonds is 4. The number of halogens is 1. The van der Waals surface area contributed by atoms with Gasteiger partial charge in [0.25, 0.3) is 0 Å². The number of nitrogens with zero attached hydrogens (tertiary/aromatic N) is 1. The molecule has 1 heterocycles. The van der Waals surface area contributed by atoms with E-state index in [4.69, 9.17) is 10.5 Å². The zero-order chi connectivity index (χ0) is 14.7.